The molecule has 0 unspecified atom stereocenters. The summed E-state index contributed by atoms with van der Waals surface area (Å²) >= 11 is 0. The Morgan fingerprint density at radius 3 is 2.53 bits per heavy atom. The van der Waals surface area contributed by atoms with E-state index in [9.17, 15) is 21.9 Å². The second-order valence-electron chi connectivity index (χ2n) is 8.48. The molecule has 32 heavy (non-hydrogen) atoms. The summed E-state index contributed by atoms with van der Waals surface area (Å²) in [7, 11) is -2.17. The van der Waals surface area contributed by atoms with Crippen molar-refractivity contribution in [3.05, 3.63) is 23.8 Å². The summed E-state index contributed by atoms with van der Waals surface area (Å²) in [6.45, 7) is 3.76. The highest BCUT2D eigenvalue weighted by Gasteiger charge is 2.38. The van der Waals surface area contributed by atoms with Crippen LogP contribution >= 0.6 is 0 Å². The van der Waals surface area contributed by atoms with Gasteiger partial charge in [-0.3, -0.25) is 4.90 Å². The summed E-state index contributed by atoms with van der Waals surface area (Å²) in [6.07, 6.45) is 0.500. The highest BCUT2D eigenvalue weighted by atomic mass is 32.2. The number of nitrogens with zero attached hydrogens (tertiary/aromatic N) is 3. The number of likely N-dealkylation sites (N-methyl/N-ethyl adjacent to an activating group) is 1. The van der Waals surface area contributed by atoms with E-state index in [0.717, 1.165) is 6.26 Å². The van der Waals surface area contributed by atoms with Crippen molar-refractivity contribution in [2.45, 2.75) is 30.9 Å². The molecule has 0 radical (unpaired) electrons. The lowest BCUT2D eigenvalue weighted by atomic mass is 10.0. The number of hydrogen-bond donors (Lipinski definition) is 1. The van der Waals surface area contributed by atoms with Crippen molar-refractivity contribution >= 4 is 20.0 Å². The van der Waals surface area contributed by atoms with Gasteiger partial charge in [-0.1, -0.05) is 18.8 Å². The molecule has 0 amide bonds. The molecule has 3 atom stereocenters. The second-order valence-corrected chi connectivity index (χ2v) is 12.4. The maximum absolute atomic E-state index is 13.4. The third kappa shape index (κ3) is 6.43. The van der Waals surface area contributed by atoms with E-state index < -0.39 is 32.2 Å². The monoisotopic (exact) mass is 487 g/mol. The number of benzene rings is 1. The topological polar surface area (TPSA) is 107 Å². The van der Waals surface area contributed by atoms with Gasteiger partial charge in [0.05, 0.1) is 26.0 Å². The third-order valence-corrected chi connectivity index (χ3v) is 8.60. The molecular weight excluding hydrogens is 454 g/mol. The molecule has 180 valence electrons. The lowest BCUT2D eigenvalue weighted by molar-refractivity contribution is 0.0905. The molecule has 1 aromatic carbocycles. The summed E-state index contributed by atoms with van der Waals surface area (Å²) in [5.74, 6) is 5.78. The first-order valence-corrected chi connectivity index (χ1v) is 13.5. The molecule has 0 spiro atoms. The van der Waals surface area contributed by atoms with Crippen molar-refractivity contribution in [2.75, 3.05) is 53.6 Å². The zero-order valence-electron chi connectivity index (χ0n) is 19.4. The van der Waals surface area contributed by atoms with Crippen LogP contribution in [0.15, 0.2) is 23.1 Å². The summed E-state index contributed by atoms with van der Waals surface area (Å²) in [6, 6.07) is 3.99. The largest absolute Gasteiger partial charge is 0.487 e. The van der Waals surface area contributed by atoms with Gasteiger partial charge in [0.1, 0.15) is 16.7 Å². The average molecular weight is 488 g/mol. The zero-order chi connectivity index (χ0) is 24.3. The molecule has 0 aliphatic carbocycles. The predicted molar refractivity (Wildman–Crippen MR) is 123 cm³/mol. The van der Waals surface area contributed by atoms with Crippen molar-refractivity contribution in [3.8, 4) is 17.6 Å². The van der Waals surface area contributed by atoms with E-state index in [4.69, 9.17) is 4.74 Å². The Hall–Kier alpha value is -1.68. The Bertz CT molecular complexity index is 1080. The number of ether oxygens (including phenoxy) is 1. The summed E-state index contributed by atoms with van der Waals surface area (Å²) in [5, 5.41) is 9.67. The highest BCUT2D eigenvalue weighted by Crippen LogP contribution is 2.34. The van der Waals surface area contributed by atoms with Crippen LogP contribution in [0.2, 0.25) is 0 Å². The molecule has 11 heteroatoms. The van der Waals surface area contributed by atoms with Crippen LogP contribution in [-0.2, 0) is 20.0 Å². The highest BCUT2D eigenvalue weighted by molar-refractivity contribution is 7.89. The Morgan fingerprint density at radius 1 is 1.31 bits per heavy atom. The van der Waals surface area contributed by atoms with E-state index in [1.54, 1.807) is 26.0 Å². The SMILES string of the molecule is C[C@H]1CN([C@@H](C)CO)S(=O)(=O)c2ccc(C#CCN(C)C)cc2O[C@@H]1CN(C)S(C)(=O)=O. The Labute approximate surface area is 192 Å². The van der Waals surface area contributed by atoms with Gasteiger partial charge in [-0.2, -0.15) is 4.31 Å². The fourth-order valence-corrected chi connectivity index (χ4v) is 5.45. The van der Waals surface area contributed by atoms with Crippen LogP contribution in [0.25, 0.3) is 0 Å². The quantitative estimate of drug-likeness (QED) is 0.574. The van der Waals surface area contributed by atoms with E-state index >= 15 is 0 Å². The van der Waals surface area contributed by atoms with Gasteiger partial charge in [0, 0.05) is 31.1 Å². The first-order chi connectivity index (χ1) is 14.8. The van der Waals surface area contributed by atoms with Gasteiger partial charge in [-0.05, 0) is 39.2 Å². The number of fused-ring (bicyclic) bond motifs is 1. The average Bonchev–Trinajstić information content (AvgIpc) is 2.68. The maximum Gasteiger partial charge on any atom is 0.247 e. The van der Waals surface area contributed by atoms with Crippen LogP contribution in [0, 0.1) is 17.8 Å². The van der Waals surface area contributed by atoms with Crippen LogP contribution in [0.1, 0.15) is 19.4 Å². The molecule has 0 saturated heterocycles. The van der Waals surface area contributed by atoms with Crippen LogP contribution < -0.4 is 4.74 Å². The van der Waals surface area contributed by atoms with Gasteiger partial charge in [-0.25, -0.2) is 21.1 Å². The molecule has 2 rings (SSSR count). The van der Waals surface area contributed by atoms with Crippen molar-refractivity contribution in [1.29, 1.82) is 0 Å². The zero-order valence-corrected chi connectivity index (χ0v) is 21.1. The molecule has 1 aromatic rings. The molecule has 9 nitrogen and oxygen atoms in total. The normalized spacial score (nSPS) is 22.3. The van der Waals surface area contributed by atoms with E-state index in [1.807, 2.05) is 19.0 Å². The third-order valence-electron chi connectivity index (χ3n) is 5.30. The maximum atomic E-state index is 13.4. The van der Waals surface area contributed by atoms with Crippen molar-refractivity contribution in [2.24, 2.45) is 5.92 Å². The standard InChI is InChI=1S/C21H33N3O6S2/c1-16-13-24(17(2)15-25)32(28,29)21-10-9-18(8-7-11-22(3)4)12-19(21)30-20(16)14-23(5)31(6,26)27/h9-10,12,16-17,20,25H,11,13-15H2,1-6H3/t16-,17-,20+/m0/s1. The van der Waals surface area contributed by atoms with Crippen molar-refractivity contribution in [1.82, 2.24) is 13.5 Å². The van der Waals surface area contributed by atoms with Gasteiger partial charge in [0.2, 0.25) is 20.0 Å². The second kappa shape index (κ2) is 10.5. The van der Waals surface area contributed by atoms with Gasteiger partial charge in [0.15, 0.2) is 0 Å². The van der Waals surface area contributed by atoms with Crippen LogP contribution in [0.5, 0.6) is 5.75 Å². The van der Waals surface area contributed by atoms with Crippen molar-refractivity contribution < 1.29 is 26.7 Å². The lowest BCUT2D eigenvalue weighted by Crippen LogP contribution is -2.50. The van der Waals surface area contributed by atoms with E-state index in [0.29, 0.717) is 12.1 Å². The molecule has 1 aliphatic heterocycles. The minimum absolute atomic E-state index is 0.0325. The van der Waals surface area contributed by atoms with Crippen LogP contribution in [0.4, 0.5) is 0 Å². The molecule has 1 heterocycles. The first-order valence-electron chi connectivity index (χ1n) is 10.3. The number of rotatable bonds is 6. The summed E-state index contributed by atoms with van der Waals surface area (Å²) < 4.78 is 59.3. The number of aliphatic hydroxyl groups is 1. The lowest BCUT2D eigenvalue weighted by Gasteiger charge is -2.37. The van der Waals surface area contributed by atoms with Gasteiger partial charge < -0.3 is 9.84 Å². The predicted octanol–water partition coefficient (Wildman–Crippen LogP) is 0.260. The fourth-order valence-electron chi connectivity index (χ4n) is 3.21. The number of aliphatic hydroxyl groups excluding tert-OH is 1. The van der Waals surface area contributed by atoms with Crippen LogP contribution in [-0.4, -0.2) is 101 Å². The molecular formula is C21H33N3O6S2. The minimum atomic E-state index is -3.96. The minimum Gasteiger partial charge on any atom is -0.487 e. The fraction of sp³-hybridized carbons (Fsp3) is 0.619. The van der Waals surface area contributed by atoms with E-state index in [2.05, 4.69) is 11.8 Å². The molecule has 0 aromatic heterocycles. The van der Waals surface area contributed by atoms with Crippen LogP contribution in [0.3, 0.4) is 0 Å². The Morgan fingerprint density at radius 2 is 1.97 bits per heavy atom. The van der Waals surface area contributed by atoms with E-state index in [1.165, 1.54) is 21.7 Å². The summed E-state index contributed by atoms with van der Waals surface area (Å²) in [4.78, 5) is 1.88. The molecule has 1 aliphatic rings. The molecule has 1 N–H and O–H groups in total. The number of hydrogen-bond acceptors (Lipinski definition) is 7. The van der Waals surface area contributed by atoms with Crippen molar-refractivity contribution in [3.63, 3.8) is 0 Å². The molecule has 0 fully saturated rings. The van der Waals surface area contributed by atoms with E-state index in [-0.39, 0.29) is 36.3 Å². The molecule has 0 bridgehead atoms. The van der Waals surface area contributed by atoms with Gasteiger partial charge >= 0.3 is 0 Å². The Kier molecular flexibility index (Phi) is 8.72. The summed E-state index contributed by atoms with van der Waals surface area (Å²) in [5.41, 5.74) is 0.589. The smallest absolute Gasteiger partial charge is 0.247 e. The first kappa shape index (κ1) is 26.6. The van der Waals surface area contributed by atoms with Gasteiger partial charge in [0.25, 0.3) is 0 Å². The Balaban J connectivity index is 2.59. The van der Waals surface area contributed by atoms with Gasteiger partial charge in [-0.15, -0.1) is 0 Å². The molecule has 0 saturated carbocycles. The number of sulfonamides is 2.